The molecule has 3 N–H and O–H groups in total. The van der Waals surface area contributed by atoms with Gasteiger partial charge in [-0.3, -0.25) is 57.5 Å². The first kappa shape index (κ1) is 83.3. The molecule has 2 bridgehead atoms. The van der Waals surface area contributed by atoms with E-state index < -0.39 is 223 Å². The fourth-order valence-corrected chi connectivity index (χ4v) is 15.4. The zero-order valence-corrected chi connectivity index (χ0v) is 61.9. The summed E-state index contributed by atoms with van der Waals surface area (Å²) in [6, 6.07) is -10.5. The summed E-state index contributed by atoms with van der Waals surface area (Å²) in [6.07, 6.45) is -2.99. The molecule has 2 saturated heterocycles. The Morgan fingerprint density at radius 1 is 0.692 bits per heavy atom. The molecular formula is C72H105F7N12O13. The molecule has 32 heteroatoms. The minimum atomic E-state index is -5.44. The zero-order chi connectivity index (χ0) is 77.2. The van der Waals surface area contributed by atoms with Crippen LogP contribution in [0.5, 0.6) is 0 Å². The minimum absolute atomic E-state index is 0.00403. The Morgan fingerprint density at radius 2 is 1.32 bits per heavy atom. The Kier molecular flexibility index (Phi) is 28.4. The van der Waals surface area contributed by atoms with Crippen LogP contribution in [0.4, 0.5) is 30.7 Å². The number of likely N-dealkylation sites (N-methyl/N-ethyl adjacent to an activating group) is 7. The van der Waals surface area contributed by atoms with E-state index in [2.05, 4.69) is 16.0 Å². The van der Waals surface area contributed by atoms with E-state index in [4.69, 9.17) is 4.74 Å². The van der Waals surface area contributed by atoms with Gasteiger partial charge in [0, 0.05) is 95.3 Å². The number of hydrogen-bond donors (Lipinski definition) is 3. The van der Waals surface area contributed by atoms with Crippen LogP contribution in [0.2, 0.25) is 0 Å². The SMILES string of the molecule is CCO[C@@H]1C[C@H]2C(=O)NC3(CCC3)C(=O)N(C)[C@@H](C3CCCC3)C(=O)N(C)[C@H](C(=O)N(C)C)CC(=O)N(C)[C@@H](CC)C(=O)N[C@@H]([C@@H](C)CC)C(=O)N(C)CC(=O)N(C)[C@H]3C/C=C\CCN(C3=O)[C@@H](CC3CCC(F)(F)CC3)C(=O)N(C)CC(=O)N[C@@H](CCc3cc(F)c(C(F)(F)F)c(F)c3)C(=O)N2C1. The second-order valence-corrected chi connectivity index (χ2v) is 29.4. The van der Waals surface area contributed by atoms with Crippen molar-refractivity contribution in [2.24, 2.45) is 17.8 Å². The number of halogens is 7. The molecular weight excluding hydrogens is 1370 g/mol. The van der Waals surface area contributed by atoms with E-state index in [0.29, 0.717) is 50.7 Å². The minimum Gasteiger partial charge on any atom is -0.377 e. The fourth-order valence-electron chi connectivity index (χ4n) is 15.4. The van der Waals surface area contributed by atoms with E-state index in [1.807, 2.05) is 0 Å². The average molecular weight is 1480 g/mol. The van der Waals surface area contributed by atoms with E-state index in [1.165, 1.54) is 71.1 Å². The van der Waals surface area contributed by atoms with Crippen molar-refractivity contribution in [2.75, 3.05) is 89.2 Å². The van der Waals surface area contributed by atoms with Gasteiger partial charge in [0.15, 0.2) is 0 Å². The van der Waals surface area contributed by atoms with Gasteiger partial charge in [-0.2, -0.15) is 13.2 Å². The maximum Gasteiger partial charge on any atom is 0.422 e. The number of carbonyl (C=O) groups is 12. The van der Waals surface area contributed by atoms with Crippen molar-refractivity contribution >= 4 is 70.9 Å². The van der Waals surface area contributed by atoms with Gasteiger partial charge in [-0.05, 0) is 126 Å². The quantitative estimate of drug-likeness (QED) is 0.183. The van der Waals surface area contributed by atoms with Crippen LogP contribution in [-0.2, 0) is 74.9 Å². The Balaban J connectivity index is 1.32. The van der Waals surface area contributed by atoms with Crippen molar-refractivity contribution in [3.8, 4) is 0 Å². The third-order valence-electron chi connectivity index (χ3n) is 22.1. The van der Waals surface area contributed by atoms with Gasteiger partial charge in [-0.1, -0.05) is 52.2 Å². The van der Waals surface area contributed by atoms with Crippen LogP contribution in [0.25, 0.3) is 0 Å². The smallest absolute Gasteiger partial charge is 0.377 e. The Bertz CT molecular complexity index is 3340. The summed E-state index contributed by atoms with van der Waals surface area (Å²) in [5, 5.41) is 8.28. The van der Waals surface area contributed by atoms with Crippen LogP contribution in [0, 0.1) is 29.4 Å². The third kappa shape index (κ3) is 19.6. The normalized spacial score (nSPS) is 28.0. The maximum atomic E-state index is 15.4. The molecule has 580 valence electrons. The maximum absolute atomic E-state index is 15.4. The summed E-state index contributed by atoms with van der Waals surface area (Å²) in [5.74, 6) is -18.1. The molecule has 1 spiro atoms. The van der Waals surface area contributed by atoms with Crippen LogP contribution in [0.15, 0.2) is 24.3 Å². The molecule has 3 aliphatic carbocycles. The predicted molar refractivity (Wildman–Crippen MR) is 366 cm³/mol. The van der Waals surface area contributed by atoms with Crippen LogP contribution < -0.4 is 16.0 Å². The van der Waals surface area contributed by atoms with Gasteiger partial charge in [0.1, 0.15) is 71.1 Å². The number of amides is 12. The molecule has 3 saturated carbocycles. The van der Waals surface area contributed by atoms with E-state index in [1.54, 1.807) is 39.8 Å². The first-order valence-electron chi connectivity index (χ1n) is 36.3. The molecule has 1 aromatic rings. The van der Waals surface area contributed by atoms with Gasteiger partial charge in [0.25, 0.3) is 0 Å². The molecule has 5 fully saturated rings. The largest absolute Gasteiger partial charge is 0.422 e. The molecule has 3 heterocycles. The number of hydrogen-bond acceptors (Lipinski definition) is 13. The average Bonchev–Trinajstić information content (AvgIpc) is 1.39. The van der Waals surface area contributed by atoms with Gasteiger partial charge in [0.05, 0.1) is 25.6 Å². The Hall–Kier alpha value is -7.93. The molecule has 6 aliphatic rings. The molecule has 0 aromatic heterocycles. The van der Waals surface area contributed by atoms with Crippen molar-refractivity contribution in [2.45, 2.75) is 228 Å². The molecule has 0 radical (unpaired) electrons. The lowest BCUT2D eigenvalue weighted by Gasteiger charge is -2.46. The number of benzene rings is 1. The van der Waals surface area contributed by atoms with E-state index in [9.17, 15) is 50.7 Å². The number of aryl methyl sites for hydroxylation is 1. The Morgan fingerprint density at radius 3 is 1.88 bits per heavy atom. The van der Waals surface area contributed by atoms with Gasteiger partial charge < -0.3 is 64.8 Å². The van der Waals surface area contributed by atoms with Crippen LogP contribution in [-0.4, -0.2) is 270 Å². The standard InChI is InChI=1S/C72H105F7N12O13/c1-13-42(4)59-67(101)85(8)41-57(94)87(10)51-24-17-16-20-33-90(66(51)100)54(36-43-27-31-71(75,76)32-28-43)65(99)84(7)40-55(92)80-49(26-25-44-34-47(73)58(48(74)35-44)72(77,78)79)63(97)91-39-46(104-15-3)37-52(91)62(96)82-70(29-21-30-70)69(103)89(12)60(45-22-18-19-23-45)68(102)88(11)53(64(98)83(5)6)38-56(93)86(9)50(14-2)61(95)81-59/h16-17,34-35,42-43,45-46,49-54,59-60H,13-15,18-33,36-41H2,1-12H3,(H,80,92)(H,81,95)(H,82,96)/b17-16-/t42-,46+,49-,50-,51-,52-,53-,54-,59-,60-/m0/s1. The highest BCUT2D eigenvalue weighted by Crippen LogP contribution is 2.41. The molecule has 12 amide bonds. The molecule has 7 rings (SSSR count). The second-order valence-electron chi connectivity index (χ2n) is 29.4. The highest BCUT2D eigenvalue weighted by atomic mass is 19.4. The lowest BCUT2D eigenvalue weighted by molar-refractivity contribution is -0.157. The topological polar surface area (TPSA) is 279 Å². The number of alkyl halides is 5. The van der Waals surface area contributed by atoms with E-state index in [-0.39, 0.29) is 83.0 Å². The van der Waals surface area contributed by atoms with Gasteiger partial charge in [0.2, 0.25) is 76.8 Å². The summed E-state index contributed by atoms with van der Waals surface area (Å²) in [7, 11) is 10.8. The molecule has 10 atom stereocenters. The summed E-state index contributed by atoms with van der Waals surface area (Å²) in [6.45, 7) is 4.86. The van der Waals surface area contributed by atoms with Gasteiger partial charge >= 0.3 is 6.18 Å². The molecule has 25 nitrogen and oxygen atoms in total. The van der Waals surface area contributed by atoms with Crippen LogP contribution in [0.1, 0.15) is 161 Å². The van der Waals surface area contributed by atoms with Crippen molar-refractivity contribution in [1.29, 1.82) is 0 Å². The summed E-state index contributed by atoms with van der Waals surface area (Å²) >= 11 is 0. The second kappa shape index (κ2) is 35.4. The predicted octanol–water partition coefficient (Wildman–Crippen LogP) is 5.06. The molecule has 3 aliphatic heterocycles. The van der Waals surface area contributed by atoms with E-state index in [0.717, 1.165) is 29.4 Å². The number of rotatable bonds is 12. The number of fused-ring (bicyclic) bond motifs is 3. The first-order chi connectivity index (χ1) is 48.8. The highest BCUT2D eigenvalue weighted by molar-refractivity contribution is 6.01. The number of ether oxygens (including phenoxy) is 1. The van der Waals surface area contributed by atoms with Gasteiger partial charge in [-0.25, -0.2) is 17.6 Å². The Labute approximate surface area is 603 Å². The zero-order valence-electron chi connectivity index (χ0n) is 61.9. The third-order valence-corrected chi connectivity index (χ3v) is 22.1. The number of carbonyl (C=O) groups excluding carboxylic acids is 12. The van der Waals surface area contributed by atoms with Crippen LogP contribution in [0.3, 0.4) is 0 Å². The van der Waals surface area contributed by atoms with Crippen molar-refractivity contribution < 1.29 is 93.0 Å². The van der Waals surface area contributed by atoms with E-state index >= 15 is 37.5 Å². The molecule has 104 heavy (non-hydrogen) atoms. The first-order valence-corrected chi connectivity index (χ1v) is 36.3. The number of nitrogens with zero attached hydrogens (tertiary/aromatic N) is 9. The molecule has 0 unspecified atom stereocenters. The van der Waals surface area contributed by atoms with Gasteiger partial charge in [-0.15, -0.1) is 0 Å². The van der Waals surface area contributed by atoms with Crippen molar-refractivity contribution in [3.63, 3.8) is 0 Å². The van der Waals surface area contributed by atoms with Crippen LogP contribution >= 0.6 is 0 Å². The summed E-state index contributed by atoms with van der Waals surface area (Å²) in [4.78, 5) is 190. The molecule has 1 aromatic carbocycles. The summed E-state index contributed by atoms with van der Waals surface area (Å²) < 4.78 is 107. The number of nitrogens with one attached hydrogen (secondary N) is 3. The van der Waals surface area contributed by atoms with Crippen molar-refractivity contribution in [1.82, 2.24) is 60.0 Å². The van der Waals surface area contributed by atoms with Crippen molar-refractivity contribution in [3.05, 3.63) is 47.0 Å². The fraction of sp³-hybridized carbons (Fsp3) is 0.722. The monoisotopic (exact) mass is 1480 g/mol. The highest BCUT2D eigenvalue weighted by Gasteiger charge is 2.54. The summed E-state index contributed by atoms with van der Waals surface area (Å²) in [5.41, 5.74) is -4.23. The lowest BCUT2D eigenvalue weighted by atomic mass is 9.74. The lowest BCUT2D eigenvalue weighted by Crippen LogP contribution is -2.68.